The van der Waals surface area contributed by atoms with E-state index in [0.29, 0.717) is 20.9 Å². The molecule has 0 fully saturated rings. The van der Waals surface area contributed by atoms with Crippen LogP contribution in [0.3, 0.4) is 0 Å². The zero-order chi connectivity index (χ0) is 19.7. The van der Waals surface area contributed by atoms with Gasteiger partial charge in [-0.15, -0.1) is 11.3 Å². The molecule has 138 valence electrons. The third-order valence-electron chi connectivity index (χ3n) is 3.69. The maximum Gasteiger partial charge on any atom is 0.348 e. The molecule has 0 saturated carbocycles. The summed E-state index contributed by atoms with van der Waals surface area (Å²) in [6.07, 6.45) is 0. The van der Waals surface area contributed by atoms with Crippen molar-refractivity contribution >= 4 is 47.2 Å². The van der Waals surface area contributed by atoms with Gasteiger partial charge < -0.3 is 9.78 Å². The summed E-state index contributed by atoms with van der Waals surface area (Å²) in [5.41, 5.74) is 0.212. The molecule has 1 N–H and O–H groups in total. The third-order valence-corrected chi connectivity index (χ3v) is 7.59. The Morgan fingerprint density at radius 2 is 1.85 bits per heavy atom. The Hall–Kier alpha value is -1.73. The fraction of sp³-hybridized carbons (Fsp3) is 0.316. The van der Waals surface area contributed by atoms with Gasteiger partial charge in [-0.2, -0.15) is 0 Å². The number of nitrogens with zero attached hydrogens (tertiary/aromatic N) is 1. The van der Waals surface area contributed by atoms with Crippen molar-refractivity contribution in [1.29, 1.82) is 0 Å². The highest BCUT2D eigenvalue weighted by molar-refractivity contribution is 7.72. The first-order valence-corrected chi connectivity index (χ1v) is 11.2. The number of anilines is 1. The largest absolute Gasteiger partial charge is 0.477 e. The zero-order valence-electron chi connectivity index (χ0n) is 15.3. The number of aromatic carboxylic acids is 1. The molecule has 0 aliphatic rings. The molecule has 2 rings (SSSR count). The van der Waals surface area contributed by atoms with Crippen LogP contribution in [0.1, 0.15) is 35.3 Å². The average molecular weight is 410 g/mol. The number of carbonyl (C=O) groups is 1. The van der Waals surface area contributed by atoms with Crippen molar-refractivity contribution in [1.82, 2.24) is 0 Å². The second-order valence-electron chi connectivity index (χ2n) is 7.01. The summed E-state index contributed by atoms with van der Waals surface area (Å²) >= 11 is 7.00. The molecule has 0 radical (unpaired) electrons. The van der Waals surface area contributed by atoms with Crippen LogP contribution in [0.5, 0.6) is 0 Å². The normalized spacial score (nSPS) is 13.5. The van der Waals surface area contributed by atoms with Crippen LogP contribution >= 0.6 is 30.2 Å². The van der Waals surface area contributed by atoms with Crippen molar-refractivity contribution in [2.45, 2.75) is 20.8 Å². The van der Waals surface area contributed by atoms with Gasteiger partial charge in [-0.25, -0.2) is 4.79 Å². The molecule has 1 atom stereocenters. The lowest BCUT2D eigenvalue weighted by Gasteiger charge is -2.27. The Bertz CT molecular complexity index is 932. The minimum Gasteiger partial charge on any atom is -0.477 e. The van der Waals surface area contributed by atoms with E-state index >= 15 is 0 Å². The van der Waals surface area contributed by atoms with Crippen molar-refractivity contribution in [2.75, 3.05) is 18.4 Å². The minimum atomic E-state index is -3.01. The number of hydrogen-bond donors (Lipinski definition) is 1. The lowest BCUT2D eigenvalue weighted by Crippen LogP contribution is -2.22. The van der Waals surface area contributed by atoms with Crippen molar-refractivity contribution < 1.29 is 14.5 Å². The maximum atomic E-state index is 13.4. The van der Waals surface area contributed by atoms with Crippen LogP contribution in [0.4, 0.5) is 5.69 Å². The van der Waals surface area contributed by atoms with Crippen molar-refractivity contribution in [3.05, 3.63) is 45.1 Å². The Labute approximate surface area is 163 Å². The monoisotopic (exact) mass is 409 g/mol. The zero-order valence-corrected chi connectivity index (χ0v) is 17.8. The van der Waals surface area contributed by atoms with E-state index in [0.717, 1.165) is 11.3 Å². The highest BCUT2D eigenvalue weighted by Crippen LogP contribution is 2.48. The molecule has 0 saturated heterocycles. The first-order valence-electron chi connectivity index (χ1n) is 7.90. The SMILES string of the molecule is CN(c1cc(C#CC(C)(C)C)sc1C(=O)O)P(C)(=O)c1ccc(Cl)cc1. The molecule has 0 amide bonds. The molecule has 1 aromatic carbocycles. The highest BCUT2D eigenvalue weighted by Gasteiger charge is 2.29. The minimum absolute atomic E-state index is 0.127. The van der Waals surface area contributed by atoms with Crippen molar-refractivity contribution in [3.63, 3.8) is 0 Å². The molecule has 0 aliphatic carbocycles. The number of rotatable bonds is 4. The predicted octanol–water partition coefficient (Wildman–Crippen LogP) is 5.17. The van der Waals surface area contributed by atoms with Crippen LogP contribution in [0, 0.1) is 17.3 Å². The number of carboxylic acid groups (broad SMARTS) is 1. The second kappa shape index (κ2) is 7.48. The maximum absolute atomic E-state index is 13.4. The quantitative estimate of drug-likeness (QED) is 0.559. The van der Waals surface area contributed by atoms with Crippen LogP contribution in [0.25, 0.3) is 0 Å². The summed E-state index contributed by atoms with van der Waals surface area (Å²) in [4.78, 5) is 12.4. The second-order valence-corrected chi connectivity index (χ2v) is 11.4. The molecule has 1 unspecified atom stereocenters. The van der Waals surface area contributed by atoms with Crippen LogP contribution < -0.4 is 9.97 Å². The third kappa shape index (κ3) is 4.71. The Kier molecular flexibility index (Phi) is 5.92. The average Bonchev–Trinajstić information content (AvgIpc) is 2.96. The van der Waals surface area contributed by atoms with E-state index in [1.54, 1.807) is 48.7 Å². The van der Waals surface area contributed by atoms with E-state index in [2.05, 4.69) is 11.8 Å². The standard InChI is InChI=1S/C19H21ClNO3PS/c1-19(2,3)11-10-15-12-16(17(26-15)18(22)23)21(4)25(5,24)14-8-6-13(20)7-9-14/h6-9,12H,1-5H3,(H,22,23). The van der Waals surface area contributed by atoms with Gasteiger partial charge in [0.15, 0.2) is 7.29 Å². The first kappa shape index (κ1) is 20.6. The Morgan fingerprint density at radius 3 is 2.35 bits per heavy atom. The summed E-state index contributed by atoms with van der Waals surface area (Å²) < 4.78 is 14.9. The summed E-state index contributed by atoms with van der Waals surface area (Å²) in [6.45, 7) is 7.57. The van der Waals surface area contributed by atoms with Gasteiger partial charge >= 0.3 is 5.97 Å². The van der Waals surface area contributed by atoms with E-state index in [1.165, 1.54) is 0 Å². The van der Waals surface area contributed by atoms with E-state index in [-0.39, 0.29) is 10.3 Å². The number of hydrogen-bond acceptors (Lipinski definition) is 3. The molecular weight excluding hydrogens is 389 g/mol. The van der Waals surface area contributed by atoms with Gasteiger partial charge in [-0.3, -0.25) is 4.57 Å². The van der Waals surface area contributed by atoms with Gasteiger partial charge in [-0.1, -0.05) is 23.4 Å². The molecule has 2 aromatic rings. The lowest BCUT2D eigenvalue weighted by molar-refractivity contribution is 0.0703. The topological polar surface area (TPSA) is 57.6 Å². The van der Waals surface area contributed by atoms with E-state index < -0.39 is 13.3 Å². The van der Waals surface area contributed by atoms with Crippen LogP contribution in [0.2, 0.25) is 5.02 Å². The fourth-order valence-corrected chi connectivity index (χ4v) is 4.87. The molecular formula is C19H21ClNO3PS. The molecule has 0 spiro atoms. The van der Waals surface area contributed by atoms with Crippen LogP contribution in [-0.2, 0) is 4.57 Å². The molecule has 0 bridgehead atoms. The van der Waals surface area contributed by atoms with E-state index in [1.807, 2.05) is 20.8 Å². The summed E-state index contributed by atoms with van der Waals surface area (Å²) in [5, 5.41) is 10.7. The number of benzene rings is 1. The van der Waals surface area contributed by atoms with Crippen LogP contribution in [-0.4, -0.2) is 24.8 Å². The molecule has 4 nitrogen and oxygen atoms in total. The number of halogens is 1. The molecule has 26 heavy (non-hydrogen) atoms. The lowest BCUT2D eigenvalue weighted by atomic mass is 9.98. The van der Waals surface area contributed by atoms with Gasteiger partial charge in [0, 0.05) is 29.5 Å². The molecule has 0 aliphatic heterocycles. The van der Waals surface area contributed by atoms with Crippen LogP contribution in [0.15, 0.2) is 30.3 Å². The molecule has 1 heterocycles. The van der Waals surface area contributed by atoms with Gasteiger partial charge in [0.25, 0.3) is 0 Å². The van der Waals surface area contributed by atoms with E-state index in [9.17, 15) is 14.5 Å². The van der Waals surface area contributed by atoms with Gasteiger partial charge in [0.05, 0.1) is 10.6 Å². The summed E-state index contributed by atoms with van der Waals surface area (Å²) in [6, 6.07) is 8.44. The number of carboxylic acids is 1. The highest BCUT2D eigenvalue weighted by atomic mass is 35.5. The Morgan fingerprint density at radius 1 is 1.27 bits per heavy atom. The molecule has 7 heteroatoms. The number of thiophene rings is 1. The van der Waals surface area contributed by atoms with Gasteiger partial charge in [-0.05, 0) is 51.1 Å². The molecule has 1 aromatic heterocycles. The van der Waals surface area contributed by atoms with E-state index in [4.69, 9.17) is 11.6 Å². The smallest absolute Gasteiger partial charge is 0.348 e. The van der Waals surface area contributed by atoms with Crippen molar-refractivity contribution in [2.24, 2.45) is 5.41 Å². The first-order chi connectivity index (χ1) is 11.9. The summed E-state index contributed by atoms with van der Waals surface area (Å²) in [7, 11) is -1.37. The van der Waals surface area contributed by atoms with Gasteiger partial charge in [0.2, 0.25) is 0 Å². The predicted molar refractivity (Wildman–Crippen MR) is 111 cm³/mol. The fourth-order valence-electron chi connectivity index (χ4n) is 2.18. The van der Waals surface area contributed by atoms with Gasteiger partial charge in [0.1, 0.15) is 4.88 Å². The van der Waals surface area contributed by atoms with Crippen molar-refractivity contribution in [3.8, 4) is 11.8 Å². The Balaban J connectivity index is 2.49. The summed E-state index contributed by atoms with van der Waals surface area (Å²) in [5.74, 6) is 5.07.